The molecule has 4 nitrogen and oxygen atoms in total. The first kappa shape index (κ1) is 20.1. The van der Waals surface area contributed by atoms with Gasteiger partial charge in [0.1, 0.15) is 0 Å². The van der Waals surface area contributed by atoms with Crippen molar-refractivity contribution < 1.29 is 8.42 Å². The number of anilines is 1. The predicted molar refractivity (Wildman–Crippen MR) is 120 cm³/mol. The first-order valence-electron chi connectivity index (χ1n) is 8.95. The molecule has 1 saturated heterocycles. The number of rotatable bonds is 3. The molecule has 2 aromatic carbocycles. The zero-order chi connectivity index (χ0) is 20.1. The van der Waals surface area contributed by atoms with Crippen LogP contribution >= 0.6 is 35.0 Å². The van der Waals surface area contributed by atoms with Crippen molar-refractivity contribution in [3.8, 4) is 0 Å². The van der Waals surface area contributed by atoms with Gasteiger partial charge in [-0.05, 0) is 48.7 Å². The second-order valence-electron chi connectivity index (χ2n) is 7.32. The van der Waals surface area contributed by atoms with Crippen LogP contribution in [0.5, 0.6) is 0 Å². The summed E-state index contributed by atoms with van der Waals surface area (Å²) in [7, 11) is -3.06. The second-order valence-corrected chi connectivity index (χ2v) is 11.2. The lowest BCUT2D eigenvalue weighted by molar-refractivity contribution is 0.601. The van der Waals surface area contributed by atoms with E-state index < -0.39 is 9.84 Å². The highest BCUT2D eigenvalue weighted by Gasteiger charge is 2.47. The number of benzene rings is 2. The molecular weight excluding hydrogens is 435 g/mol. The van der Waals surface area contributed by atoms with Crippen LogP contribution in [0, 0.1) is 13.8 Å². The quantitative estimate of drug-likeness (QED) is 0.662. The van der Waals surface area contributed by atoms with Crippen LogP contribution in [0.25, 0.3) is 0 Å². The molecule has 0 bridgehead atoms. The molecule has 2 heterocycles. The molecule has 0 radical (unpaired) electrons. The van der Waals surface area contributed by atoms with Crippen LogP contribution in [-0.2, 0) is 15.6 Å². The minimum absolute atomic E-state index is 0.121. The van der Waals surface area contributed by atoms with E-state index in [9.17, 15) is 8.42 Å². The number of halogens is 2. The summed E-state index contributed by atoms with van der Waals surface area (Å²) in [6.07, 6.45) is 0. The summed E-state index contributed by atoms with van der Waals surface area (Å²) >= 11 is 13.7. The third-order valence-electron chi connectivity index (χ3n) is 5.08. The van der Waals surface area contributed by atoms with Crippen molar-refractivity contribution in [1.82, 2.24) is 0 Å². The van der Waals surface area contributed by atoms with E-state index in [1.807, 2.05) is 26.0 Å². The highest BCUT2D eigenvalue weighted by molar-refractivity contribution is 8.13. The van der Waals surface area contributed by atoms with Gasteiger partial charge in [-0.1, -0.05) is 53.2 Å². The first-order chi connectivity index (χ1) is 13.2. The third-order valence-corrected chi connectivity index (χ3v) is 8.56. The summed E-state index contributed by atoms with van der Waals surface area (Å²) < 4.78 is 24.4. The van der Waals surface area contributed by atoms with Gasteiger partial charge in [0.2, 0.25) is 0 Å². The van der Waals surface area contributed by atoms with Crippen LogP contribution in [0.3, 0.4) is 0 Å². The maximum absolute atomic E-state index is 12.2. The lowest BCUT2D eigenvalue weighted by Crippen LogP contribution is -2.39. The Morgan fingerprint density at radius 3 is 2.64 bits per heavy atom. The van der Waals surface area contributed by atoms with E-state index >= 15 is 0 Å². The van der Waals surface area contributed by atoms with E-state index in [4.69, 9.17) is 28.2 Å². The van der Waals surface area contributed by atoms with E-state index in [0.29, 0.717) is 15.8 Å². The molecule has 0 amide bonds. The van der Waals surface area contributed by atoms with Crippen LogP contribution in [0.2, 0.25) is 10.0 Å². The van der Waals surface area contributed by atoms with E-state index in [1.165, 1.54) is 0 Å². The zero-order valence-corrected chi connectivity index (χ0v) is 18.7. The number of sulfone groups is 1. The van der Waals surface area contributed by atoms with Gasteiger partial charge in [-0.2, -0.15) is 0 Å². The van der Waals surface area contributed by atoms with Crippen molar-refractivity contribution >= 4 is 55.7 Å². The zero-order valence-electron chi connectivity index (χ0n) is 15.5. The molecule has 0 N–H and O–H groups in total. The molecule has 0 saturated carbocycles. The Balaban J connectivity index is 1.65. The molecule has 1 fully saturated rings. The molecule has 4 rings (SSSR count). The van der Waals surface area contributed by atoms with E-state index in [0.717, 1.165) is 27.5 Å². The van der Waals surface area contributed by atoms with Crippen LogP contribution in [0.1, 0.15) is 16.7 Å². The van der Waals surface area contributed by atoms with Gasteiger partial charge in [-0.3, -0.25) is 4.99 Å². The number of hydrogen-bond acceptors (Lipinski definition) is 5. The van der Waals surface area contributed by atoms with Gasteiger partial charge in [-0.15, -0.1) is 0 Å². The molecule has 2 aliphatic rings. The maximum atomic E-state index is 12.2. The number of amidine groups is 1. The summed E-state index contributed by atoms with van der Waals surface area (Å²) in [6.45, 7) is 4.09. The van der Waals surface area contributed by atoms with Crippen molar-refractivity contribution in [2.75, 3.05) is 16.4 Å². The number of thioether (sulfide) groups is 1. The molecule has 0 spiro atoms. The standard InChI is InChI=1S/C20H20Cl2N2O2S2/c1-12-3-4-13(2)18(7-12)24-19-11-28(25,26)10-17(19)23-20(24)27-9-14-5-6-15(21)16(22)8-14/h3-8,17,19H,9-11H2,1-2H3/t17-,19-/m0/s1. The van der Waals surface area contributed by atoms with Gasteiger partial charge in [-0.25, -0.2) is 8.42 Å². The summed E-state index contributed by atoms with van der Waals surface area (Å²) in [5, 5.41) is 1.93. The number of fused-ring (bicyclic) bond motifs is 1. The second kappa shape index (κ2) is 7.56. The molecular formula is C20H20Cl2N2O2S2. The van der Waals surface area contributed by atoms with Crippen LogP contribution in [-0.4, -0.2) is 37.2 Å². The van der Waals surface area contributed by atoms with Gasteiger partial charge in [0.15, 0.2) is 15.0 Å². The molecule has 148 valence electrons. The molecule has 2 atom stereocenters. The van der Waals surface area contributed by atoms with Crippen molar-refractivity contribution in [2.24, 2.45) is 4.99 Å². The van der Waals surface area contributed by atoms with E-state index in [1.54, 1.807) is 17.8 Å². The Morgan fingerprint density at radius 2 is 1.89 bits per heavy atom. The van der Waals surface area contributed by atoms with E-state index in [-0.39, 0.29) is 23.6 Å². The summed E-state index contributed by atoms with van der Waals surface area (Å²) in [5.74, 6) is 0.949. The third kappa shape index (κ3) is 3.92. The van der Waals surface area contributed by atoms with E-state index in [2.05, 4.69) is 23.1 Å². The van der Waals surface area contributed by atoms with Gasteiger partial charge in [0, 0.05) is 11.4 Å². The van der Waals surface area contributed by atoms with Crippen LogP contribution in [0.15, 0.2) is 41.4 Å². The fraction of sp³-hybridized carbons (Fsp3) is 0.350. The number of aryl methyl sites for hydroxylation is 2. The number of aliphatic imine (C=N–C) groups is 1. The van der Waals surface area contributed by atoms with Crippen molar-refractivity contribution in [3.05, 3.63) is 63.1 Å². The normalized spacial score (nSPS) is 23.0. The Bertz CT molecular complexity index is 1070. The Labute approximate surface area is 179 Å². The highest BCUT2D eigenvalue weighted by Crippen LogP contribution is 2.38. The maximum Gasteiger partial charge on any atom is 0.164 e. The van der Waals surface area contributed by atoms with Crippen molar-refractivity contribution in [1.29, 1.82) is 0 Å². The van der Waals surface area contributed by atoms with Gasteiger partial charge < -0.3 is 4.90 Å². The molecule has 2 aromatic rings. The molecule has 2 aliphatic heterocycles. The smallest absolute Gasteiger partial charge is 0.164 e. The summed E-state index contributed by atoms with van der Waals surface area (Å²) in [4.78, 5) is 6.92. The van der Waals surface area contributed by atoms with Crippen LogP contribution in [0.4, 0.5) is 5.69 Å². The fourth-order valence-corrected chi connectivity index (χ4v) is 6.89. The van der Waals surface area contributed by atoms with Crippen molar-refractivity contribution in [3.63, 3.8) is 0 Å². The average Bonchev–Trinajstić information content (AvgIpc) is 3.09. The molecule has 28 heavy (non-hydrogen) atoms. The SMILES string of the molecule is Cc1ccc(C)c(N2C(SCc3ccc(Cl)c(Cl)c3)=N[C@H]3CS(=O)(=O)C[C@@H]32)c1. The van der Waals surface area contributed by atoms with Gasteiger partial charge in [0.25, 0.3) is 0 Å². The Morgan fingerprint density at radius 1 is 1.11 bits per heavy atom. The minimum atomic E-state index is -3.06. The monoisotopic (exact) mass is 454 g/mol. The number of nitrogens with zero attached hydrogens (tertiary/aromatic N) is 2. The lowest BCUT2D eigenvalue weighted by atomic mass is 10.1. The predicted octanol–water partition coefficient (Wildman–Crippen LogP) is 4.89. The van der Waals surface area contributed by atoms with Gasteiger partial charge >= 0.3 is 0 Å². The minimum Gasteiger partial charge on any atom is -0.315 e. The summed E-state index contributed by atoms with van der Waals surface area (Å²) in [6, 6.07) is 11.5. The van der Waals surface area contributed by atoms with Gasteiger partial charge in [0.05, 0.1) is 33.6 Å². The molecule has 8 heteroatoms. The topological polar surface area (TPSA) is 49.7 Å². The molecule has 0 aromatic heterocycles. The van der Waals surface area contributed by atoms with Crippen LogP contribution < -0.4 is 4.90 Å². The molecule has 0 aliphatic carbocycles. The number of hydrogen-bond donors (Lipinski definition) is 0. The largest absolute Gasteiger partial charge is 0.315 e. The van der Waals surface area contributed by atoms with Crippen molar-refractivity contribution in [2.45, 2.75) is 31.7 Å². The Kier molecular flexibility index (Phi) is 5.42. The fourth-order valence-electron chi connectivity index (χ4n) is 3.67. The Hall–Kier alpha value is -1.21. The highest BCUT2D eigenvalue weighted by atomic mass is 35.5. The lowest BCUT2D eigenvalue weighted by Gasteiger charge is -2.28. The first-order valence-corrected chi connectivity index (χ1v) is 12.5. The molecule has 0 unspecified atom stereocenters. The average molecular weight is 455 g/mol. The summed E-state index contributed by atoms with van der Waals surface area (Å²) in [5.41, 5.74) is 4.33.